The van der Waals surface area contributed by atoms with Crippen LogP contribution in [0, 0.1) is 5.41 Å². The van der Waals surface area contributed by atoms with Gasteiger partial charge in [-0.15, -0.1) is 0 Å². The van der Waals surface area contributed by atoms with Crippen LogP contribution in [0.4, 0.5) is 5.69 Å². The lowest BCUT2D eigenvalue weighted by molar-refractivity contribution is -0.117. The monoisotopic (exact) mass is 393 g/mol. The van der Waals surface area contributed by atoms with Gasteiger partial charge in [-0.25, -0.2) is 4.68 Å². The third kappa shape index (κ3) is 4.62. The fourth-order valence-electron chi connectivity index (χ4n) is 3.58. The van der Waals surface area contributed by atoms with Crippen LogP contribution in [0.25, 0.3) is 22.2 Å². The highest BCUT2D eigenvalue weighted by Gasteiger charge is 2.19. The molecule has 29 heavy (non-hydrogen) atoms. The second-order valence-corrected chi connectivity index (χ2v) is 8.79. The molecule has 0 saturated carbocycles. The smallest absolute Gasteiger partial charge is 0.224 e. The van der Waals surface area contributed by atoms with E-state index in [1.807, 2.05) is 50.0 Å². The van der Waals surface area contributed by atoms with Crippen molar-refractivity contribution < 1.29 is 9.53 Å². The molecule has 7 nitrogen and oxygen atoms in total. The van der Waals surface area contributed by atoms with E-state index in [9.17, 15) is 4.79 Å². The minimum absolute atomic E-state index is 0.0167. The zero-order valence-corrected chi connectivity index (χ0v) is 17.2. The number of ether oxygens (including phenoxy) is 1. The average molecular weight is 393 g/mol. The number of nitrogens with zero attached hydrogens (tertiary/aromatic N) is 4. The van der Waals surface area contributed by atoms with Crippen LogP contribution in [0.15, 0.2) is 36.9 Å². The SMILES string of the molecule is CC(C)(C)CC(=O)Nc1cncc(-c2cc3cnn(C4CCCCO4)c3cn2)c1. The van der Waals surface area contributed by atoms with Crippen LogP contribution >= 0.6 is 0 Å². The Bertz CT molecular complexity index is 1020. The molecule has 152 valence electrons. The molecule has 3 aromatic heterocycles. The molecule has 4 heterocycles. The Hall–Kier alpha value is -2.80. The number of rotatable bonds is 4. The highest BCUT2D eigenvalue weighted by Crippen LogP contribution is 2.28. The van der Waals surface area contributed by atoms with Gasteiger partial charge in [-0.2, -0.15) is 5.10 Å². The molecule has 3 aromatic rings. The Labute approximate surface area is 170 Å². The summed E-state index contributed by atoms with van der Waals surface area (Å²) in [5.41, 5.74) is 3.21. The lowest BCUT2D eigenvalue weighted by Crippen LogP contribution is -2.19. The van der Waals surface area contributed by atoms with E-state index in [-0.39, 0.29) is 17.6 Å². The van der Waals surface area contributed by atoms with Gasteiger partial charge in [0.2, 0.25) is 5.91 Å². The maximum absolute atomic E-state index is 12.2. The van der Waals surface area contributed by atoms with Crippen LogP contribution in [0.2, 0.25) is 0 Å². The predicted octanol–water partition coefficient (Wildman–Crippen LogP) is 4.57. The van der Waals surface area contributed by atoms with E-state index in [1.54, 1.807) is 12.4 Å². The number of nitrogens with one attached hydrogen (secondary N) is 1. The van der Waals surface area contributed by atoms with E-state index >= 15 is 0 Å². The van der Waals surface area contributed by atoms with Gasteiger partial charge in [0.05, 0.1) is 35.5 Å². The van der Waals surface area contributed by atoms with Crippen molar-refractivity contribution in [3.05, 3.63) is 36.9 Å². The fraction of sp³-hybridized carbons (Fsp3) is 0.455. The number of pyridine rings is 2. The number of hydrogen-bond acceptors (Lipinski definition) is 5. The molecule has 1 fully saturated rings. The Morgan fingerprint density at radius 3 is 2.83 bits per heavy atom. The summed E-state index contributed by atoms with van der Waals surface area (Å²) in [7, 11) is 0. The normalized spacial score (nSPS) is 17.4. The number of carbonyl (C=O) groups is 1. The van der Waals surface area contributed by atoms with Crippen molar-refractivity contribution in [2.45, 2.75) is 52.7 Å². The Morgan fingerprint density at radius 1 is 1.21 bits per heavy atom. The maximum atomic E-state index is 12.2. The summed E-state index contributed by atoms with van der Waals surface area (Å²) in [5.74, 6) is -0.0198. The quantitative estimate of drug-likeness (QED) is 0.702. The van der Waals surface area contributed by atoms with Crippen LogP contribution in [0.3, 0.4) is 0 Å². The lowest BCUT2D eigenvalue weighted by atomic mass is 9.92. The average Bonchev–Trinajstić information content (AvgIpc) is 3.10. The van der Waals surface area contributed by atoms with Crippen molar-refractivity contribution in [1.29, 1.82) is 0 Å². The van der Waals surface area contributed by atoms with Gasteiger partial charge in [0.25, 0.3) is 0 Å². The molecule has 4 rings (SSSR count). The molecule has 0 aliphatic carbocycles. The van der Waals surface area contributed by atoms with Gasteiger partial charge in [-0.1, -0.05) is 20.8 Å². The summed E-state index contributed by atoms with van der Waals surface area (Å²) in [6, 6.07) is 3.90. The third-order valence-corrected chi connectivity index (χ3v) is 4.92. The molecule has 1 aliphatic heterocycles. The fourth-order valence-corrected chi connectivity index (χ4v) is 3.58. The molecule has 1 aliphatic rings. The Balaban J connectivity index is 1.56. The summed E-state index contributed by atoms with van der Waals surface area (Å²) in [6.45, 7) is 6.90. The first kappa shape index (κ1) is 19.5. The number of aromatic nitrogens is 4. The van der Waals surface area contributed by atoms with Crippen molar-refractivity contribution >= 4 is 22.5 Å². The van der Waals surface area contributed by atoms with Crippen molar-refractivity contribution in [2.24, 2.45) is 5.41 Å². The third-order valence-electron chi connectivity index (χ3n) is 4.92. The summed E-state index contributed by atoms with van der Waals surface area (Å²) in [5, 5.41) is 8.46. The summed E-state index contributed by atoms with van der Waals surface area (Å²) < 4.78 is 7.78. The standard InChI is InChI=1S/C22H27N5O2/c1-22(2,3)10-20(28)26-17-8-15(11-23-13-17)18-9-16-12-25-27(19(16)14-24-18)21-6-4-5-7-29-21/h8-9,11-14,21H,4-7,10H2,1-3H3,(H,26,28). The van der Waals surface area contributed by atoms with E-state index in [4.69, 9.17) is 4.74 Å². The zero-order valence-electron chi connectivity index (χ0n) is 17.2. The van der Waals surface area contributed by atoms with Crippen molar-refractivity contribution in [2.75, 3.05) is 11.9 Å². The van der Waals surface area contributed by atoms with Gasteiger partial charge < -0.3 is 10.1 Å². The first-order valence-electron chi connectivity index (χ1n) is 10.1. The molecule has 1 amide bonds. The number of fused-ring (bicyclic) bond motifs is 1. The van der Waals surface area contributed by atoms with Gasteiger partial charge in [-0.05, 0) is 36.8 Å². The van der Waals surface area contributed by atoms with Crippen LogP contribution in [-0.4, -0.2) is 32.3 Å². The number of amides is 1. The summed E-state index contributed by atoms with van der Waals surface area (Å²) >= 11 is 0. The summed E-state index contributed by atoms with van der Waals surface area (Å²) in [4.78, 5) is 21.1. The van der Waals surface area contributed by atoms with E-state index in [2.05, 4.69) is 20.4 Å². The zero-order chi connectivity index (χ0) is 20.4. The van der Waals surface area contributed by atoms with Gasteiger partial charge in [-0.3, -0.25) is 14.8 Å². The second kappa shape index (κ2) is 7.91. The topological polar surface area (TPSA) is 81.9 Å². The molecule has 0 spiro atoms. The molecular weight excluding hydrogens is 366 g/mol. The number of hydrogen-bond donors (Lipinski definition) is 1. The predicted molar refractivity (Wildman–Crippen MR) is 112 cm³/mol. The van der Waals surface area contributed by atoms with E-state index < -0.39 is 0 Å². The molecule has 1 unspecified atom stereocenters. The maximum Gasteiger partial charge on any atom is 0.224 e. The number of carbonyl (C=O) groups excluding carboxylic acids is 1. The molecular formula is C22H27N5O2. The van der Waals surface area contributed by atoms with Crippen LogP contribution in [0.1, 0.15) is 52.7 Å². The van der Waals surface area contributed by atoms with Gasteiger partial charge in [0.15, 0.2) is 6.23 Å². The van der Waals surface area contributed by atoms with E-state index in [0.717, 1.165) is 48.0 Å². The van der Waals surface area contributed by atoms with Gasteiger partial charge >= 0.3 is 0 Å². The van der Waals surface area contributed by atoms with E-state index in [0.29, 0.717) is 12.1 Å². The van der Waals surface area contributed by atoms with Crippen molar-refractivity contribution in [1.82, 2.24) is 19.7 Å². The highest BCUT2D eigenvalue weighted by molar-refractivity contribution is 5.91. The van der Waals surface area contributed by atoms with Gasteiger partial charge in [0.1, 0.15) is 0 Å². The molecule has 7 heteroatoms. The largest absolute Gasteiger partial charge is 0.356 e. The first-order chi connectivity index (χ1) is 13.9. The van der Waals surface area contributed by atoms with Crippen molar-refractivity contribution in [3.63, 3.8) is 0 Å². The molecule has 0 bridgehead atoms. The Kier molecular flexibility index (Phi) is 5.32. The molecule has 0 radical (unpaired) electrons. The molecule has 1 N–H and O–H groups in total. The van der Waals surface area contributed by atoms with Crippen LogP contribution in [-0.2, 0) is 9.53 Å². The highest BCUT2D eigenvalue weighted by atomic mass is 16.5. The van der Waals surface area contributed by atoms with Crippen LogP contribution in [0.5, 0.6) is 0 Å². The first-order valence-corrected chi connectivity index (χ1v) is 10.1. The minimum atomic E-state index is -0.0656. The van der Waals surface area contributed by atoms with Crippen molar-refractivity contribution in [3.8, 4) is 11.3 Å². The van der Waals surface area contributed by atoms with Gasteiger partial charge in [0, 0.05) is 30.2 Å². The molecule has 1 atom stereocenters. The molecule has 1 saturated heterocycles. The van der Waals surface area contributed by atoms with E-state index in [1.165, 1.54) is 0 Å². The van der Waals surface area contributed by atoms with Crippen LogP contribution < -0.4 is 5.32 Å². The number of anilines is 1. The summed E-state index contributed by atoms with van der Waals surface area (Å²) in [6.07, 6.45) is 10.7. The minimum Gasteiger partial charge on any atom is -0.356 e. The lowest BCUT2D eigenvalue weighted by Gasteiger charge is -2.23. The second-order valence-electron chi connectivity index (χ2n) is 8.79. The molecule has 0 aromatic carbocycles. The Morgan fingerprint density at radius 2 is 2.07 bits per heavy atom.